The first-order valence-electron chi connectivity index (χ1n) is 7.77. The Labute approximate surface area is 155 Å². The fraction of sp³-hybridized carbons (Fsp3) is 0.625. The summed E-state index contributed by atoms with van der Waals surface area (Å²) in [5.74, 6) is 0.928. The van der Waals surface area contributed by atoms with Crippen LogP contribution in [0, 0.1) is 11.8 Å². The third kappa shape index (κ3) is 5.12. The molecule has 0 aromatic carbocycles. The van der Waals surface area contributed by atoms with Gasteiger partial charge in [-0.3, -0.25) is 4.79 Å². The number of ether oxygens (including phenoxy) is 1. The molecule has 23 heavy (non-hydrogen) atoms. The van der Waals surface area contributed by atoms with E-state index in [1.54, 1.807) is 0 Å². The van der Waals surface area contributed by atoms with Crippen LogP contribution in [0.4, 0.5) is 0 Å². The molecule has 2 rings (SSSR count). The van der Waals surface area contributed by atoms with E-state index in [0.717, 1.165) is 19.0 Å². The van der Waals surface area contributed by atoms with E-state index in [9.17, 15) is 4.79 Å². The molecule has 1 aliphatic heterocycles. The molecule has 0 radical (unpaired) electrons. The number of methoxy groups -OCH3 is 1. The van der Waals surface area contributed by atoms with E-state index in [2.05, 4.69) is 36.3 Å². The van der Waals surface area contributed by atoms with Crippen molar-refractivity contribution in [1.29, 1.82) is 0 Å². The van der Waals surface area contributed by atoms with Crippen molar-refractivity contribution in [2.24, 2.45) is 23.9 Å². The number of hydrogen-bond acceptors (Lipinski definition) is 3. The largest absolute Gasteiger partial charge is 0.469 e. The normalized spacial score (nSPS) is 21.0. The summed E-state index contributed by atoms with van der Waals surface area (Å²) in [5, 5.41) is 3.32. The molecule has 0 spiro atoms. The number of carbonyl (C=O) groups is 1. The summed E-state index contributed by atoms with van der Waals surface area (Å²) in [6, 6.07) is 2.07. The molecule has 1 aliphatic rings. The highest BCUT2D eigenvalue weighted by Gasteiger charge is 2.36. The van der Waals surface area contributed by atoms with Gasteiger partial charge in [-0.15, -0.1) is 24.0 Å². The van der Waals surface area contributed by atoms with Crippen molar-refractivity contribution in [2.75, 3.05) is 26.7 Å². The second-order valence-corrected chi connectivity index (χ2v) is 5.87. The van der Waals surface area contributed by atoms with Crippen molar-refractivity contribution in [3.8, 4) is 0 Å². The third-order valence-corrected chi connectivity index (χ3v) is 4.06. The number of aromatic nitrogens is 1. The molecule has 2 atom stereocenters. The standard InChI is InChI=1S/C16H26N4O2.HI/c1-5-17-16(18-8-13-6-7-19(3)10-13)20-9-12(2)14(11-20)15(21)22-4;/h6-7,10,12,14H,5,8-9,11H2,1-4H3,(H,17,18);1H. The van der Waals surface area contributed by atoms with Crippen molar-refractivity contribution in [3.05, 3.63) is 24.0 Å². The zero-order valence-electron chi connectivity index (χ0n) is 14.3. The van der Waals surface area contributed by atoms with E-state index < -0.39 is 0 Å². The molecule has 1 aromatic rings. The summed E-state index contributed by atoms with van der Waals surface area (Å²) >= 11 is 0. The Bertz CT molecular complexity index is 544. The average molecular weight is 434 g/mol. The third-order valence-electron chi connectivity index (χ3n) is 4.06. The molecule has 0 saturated carbocycles. The SMILES string of the molecule is CCNC(=NCc1ccn(C)c1)N1CC(C)C(C(=O)OC)C1.I. The zero-order chi connectivity index (χ0) is 16.1. The van der Waals surface area contributed by atoms with Gasteiger partial charge >= 0.3 is 5.97 Å². The molecule has 0 amide bonds. The number of aryl methyl sites for hydroxylation is 1. The lowest BCUT2D eigenvalue weighted by Crippen LogP contribution is -2.40. The fourth-order valence-corrected chi connectivity index (χ4v) is 2.84. The van der Waals surface area contributed by atoms with Crippen LogP contribution in [0.3, 0.4) is 0 Å². The molecule has 0 bridgehead atoms. The average Bonchev–Trinajstić information content (AvgIpc) is 3.08. The lowest BCUT2D eigenvalue weighted by Gasteiger charge is -2.21. The first kappa shape index (κ1) is 19.8. The van der Waals surface area contributed by atoms with Gasteiger partial charge in [0, 0.05) is 39.1 Å². The smallest absolute Gasteiger partial charge is 0.310 e. The van der Waals surface area contributed by atoms with Gasteiger partial charge < -0.3 is 19.5 Å². The van der Waals surface area contributed by atoms with Crippen LogP contribution in [0.5, 0.6) is 0 Å². The number of halogens is 1. The van der Waals surface area contributed by atoms with Crippen LogP contribution in [-0.2, 0) is 23.1 Å². The highest BCUT2D eigenvalue weighted by molar-refractivity contribution is 14.0. The minimum atomic E-state index is -0.131. The van der Waals surface area contributed by atoms with Crippen LogP contribution >= 0.6 is 24.0 Å². The Morgan fingerprint density at radius 2 is 2.22 bits per heavy atom. The van der Waals surface area contributed by atoms with Gasteiger partial charge in [0.05, 0.1) is 19.6 Å². The van der Waals surface area contributed by atoms with Crippen LogP contribution in [0.25, 0.3) is 0 Å². The number of hydrogen-bond donors (Lipinski definition) is 1. The van der Waals surface area contributed by atoms with Gasteiger partial charge in [-0.2, -0.15) is 0 Å². The monoisotopic (exact) mass is 434 g/mol. The topological polar surface area (TPSA) is 58.9 Å². The molecule has 1 fully saturated rings. The molecule has 0 aliphatic carbocycles. The van der Waals surface area contributed by atoms with Gasteiger partial charge in [-0.05, 0) is 24.5 Å². The highest BCUT2D eigenvalue weighted by atomic mass is 127. The summed E-state index contributed by atoms with van der Waals surface area (Å²) < 4.78 is 6.91. The second-order valence-electron chi connectivity index (χ2n) is 5.87. The van der Waals surface area contributed by atoms with Gasteiger partial charge in [0.15, 0.2) is 5.96 Å². The van der Waals surface area contributed by atoms with Crippen LogP contribution in [0.1, 0.15) is 19.4 Å². The van der Waals surface area contributed by atoms with E-state index in [4.69, 9.17) is 9.73 Å². The van der Waals surface area contributed by atoms with E-state index in [-0.39, 0.29) is 41.8 Å². The number of rotatable bonds is 4. The zero-order valence-corrected chi connectivity index (χ0v) is 16.6. The number of likely N-dealkylation sites (tertiary alicyclic amines) is 1. The van der Waals surface area contributed by atoms with Gasteiger partial charge in [-0.25, -0.2) is 4.99 Å². The second kappa shape index (κ2) is 9.14. The molecule has 6 nitrogen and oxygen atoms in total. The van der Waals surface area contributed by atoms with Crippen molar-refractivity contribution >= 4 is 35.9 Å². The fourth-order valence-electron chi connectivity index (χ4n) is 2.84. The van der Waals surface area contributed by atoms with E-state index in [0.29, 0.717) is 13.1 Å². The van der Waals surface area contributed by atoms with Crippen molar-refractivity contribution in [3.63, 3.8) is 0 Å². The maximum absolute atomic E-state index is 11.8. The lowest BCUT2D eigenvalue weighted by atomic mass is 9.99. The molecule has 1 aromatic heterocycles. The van der Waals surface area contributed by atoms with Gasteiger partial charge in [0.1, 0.15) is 0 Å². The molecule has 2 heterocycles. The van der Waals surface area contributed by atoms with Crippen molar-refractivity contribution in [2.45, 2.75) is 20.4 Å². The van der Waals surface area contributed by atoms with Crippen LogP contribution < -0.4 is 5.32 Å². The maximum atomic E-state index is 11.8. The van der Waals surface area contributed by atoms with Crippen LogP contribution in [-0.4, -0.2) is 48.1 Å². The van der Waals surface area contributed by atoms with Gasteiger partial charge in [0.2, 0.25) is 0 Å². The quantitative estimate of drug-likeness (QED) is 0.340. The summed E-state index contributed by atoms with van der Waals surface area (Å²) in [6.45, 7) is 7.06. The summed E-state index contributed by atoms with van der Waals surface area (Å²) in [7, 11) is 3.45. The van der Waals surface area contributed by atoms with E-state index in [1.165, 1.54) is 12.7 Å². The predicted octanol–water partition coefficient (Wildman–Crippen LogP) is 1.85. The summed E-state index contributed by atoms with van der Waals surface area (Å²) in [4.78, 5) is 18.7. The van der Waals surface area contributed by atoms with Crippen molar-refractivity contribution < 1.29 is 9.53 Å². The summed E-state index contributed by atoms with van der Waals surface area (Å²) in [5.41, 5.74) is 1.18. The molecule has 130 valence electrons. The Balaban J connectivity index is 0.00000264. The first-order valence-corrected chi connectivity index (χ1v) is 7.77. The number of carbonyl (C=O) groups excluding carboxylic acids is 1. The Kier molecular flexibility index (Phi) is 7.87. The molecule has 7 heteroatoms. The first-order chi connectivity index (χ1) is 10.5. The van der Waals surface area contributed by atoms with Gasteiger partial charge in [0.25, 0.3) is 0 Å². The number of nitrogens with zero attached hydrogens (tertiary/aromatic N) is 3. The molecule has 1 N–H and O–H groups in total. The molecule has 2 unspecified atom stereocenters. The molecular weight excluding hydrogens is 407 g/mol. The van der Waals surface area contributed by atoms with Crippen LogP contribution in [0.15, 0.2) is 23.5 Å². The minimum absolute atomic E-state index is 0. The van der Waals surface area contributed by atoms with Crippen molar-refractivity contribution in [1.82, 2.24) is 14.8 Å². The predicted molar refractivity (Wildman–Crippen MR) is 102 cm³/mol. The van der Waals surface area contributed by atoms with E-state index in [1.807, 2.05) is 17.8 Å². The number of esters is 1. The number of guanidine groups is 1. The maximum Gasteiger partial charge on any atom is 0.310 e. The Hall–Kier alpha value is -1.25. The number of nitrogens with one attached hydrogen (secondary N) is 1. The lowest BCUT2D eigenvalue weighted by molar-refractivity contribution is -0.145. The Morgan fingerprint density at radius 3 is 2.78 bits per heavy atom. The minimum Gasteiger partial charge on any atom is -0.469 e. The van der Waals surface area contributed by atoms with Crippen LogP contribution in [0.2, 0.25) is 0 Å². The van der Waals surface area contributed by atoms with E-state index >= 15 is 0 Å². The summed E-state index contributed by atoms with van der Waals surface area (Å²) in [6.07, 6.45) is 4.08. The number of aliphatic imine (C=N–C) groups is 1. The molecule has 1 saturated heterocycles. The Morgan fingerprint density at radius 1 is 1.48 bits per heavy atom. The highest BCUT2D eigenvalue weighted by Crippen LogP contribution is 2.24. The van der Waals surface area contributed by atoms with Gasteiger partial charge in [-0.1, -0.05) is 6.92 Å². The molecular formula is C16H27IN4O2.